The minimum Gasteiger partial charge on any atom is -0.491 e. The summed E-state index contributed by atoms with van der Waals surface area (Å²) in [7, 11) is 0. The van der Waals surface area contributed by atoms with Crippen LogP contribution < -0.4 is 10.1 Å². The first kappa shape index (κ1) is 33.3. The number of ether oxygens (including phenoxy) is 1. The Morgan fingerprint density at radius 1 is 0.977 bits per heavy atom. The monoisotopic (exact) mass is 627 g/mol. The van der Waals surface area contributed by atoms with Crippen molar-refractivity contribution in [1.82, 2.24) is 24.9 Å². The molecule has 1 amide bonds. The minimum atomic E-state index is -4.81. The van der Waals surface area contributed by atoms with E-state index in [-0.39, 0.29) is 57.5 Å². The Kier molecular flexibility index (Phi) is 10.6. The lowest BCUT2D eigenvalue weighted by atomic mass is 10.1. The molecule has 0 saturated carbocycles. The number of aliphatic hydroxyl groups excluding tert-OH is 1. The third-order valence-corrected chi connectivity index (χ3v) is 7.25. The largest absolute Gasteiger partial charge is 0.491 e. The second kappa shape index (κ2) is 14.0. The normalized spacial score (nSPS) is 16.6. The van der Waals surface area contributed by atoms with Crippen LogP contribution in [0, 0.1) is 0 Å². The van der Waals surface area contributed by atoms with Gasteiger partial charge in [-0.3, -0.25) is 14.6 Å². The topological polar surface area (TPSA) is 82.9 Å². The van der Waals surface area contributed by atoms with E-state index >= 15 is 0 Å². The number of rotatable bonds is 11. The molecule has 2 N–H and O–H groups in total. The second-order valence-corrected chi connectivity index (χ2v) is 10.9. The number of benzene rings is 2. The van der Waals surface area contributed by atoms with Crippen LogP contribution in [0.4, 0.5) is 26.3 Å². The molecule has 14 heteroatoms. The molecule has 2 aromatic carbocycles. The van der Waals surface area contributed by atoms with Crippen LogP contribution >= 0.6 is 0 Å². The zero-order valence-electron chi connectivity index (χ0n) is 24.3. The van der Waals surface area contributed by atoms with Gasteiger partial charge >= 0.3 is 12.4 Å². The van der Waals surface area contributed by atoms with Crippen molar-refractivity contribution in [3.05, 3.63) is 77.6 Å². The summed E-state index contributed by atoms with van der Waals surface area (Å²) >= 11 is 0. The Balaban J connectivity index is 1.29. The third kappa shape index (κ3) is 8.73. The maximum Gasteiger partial charge on any atom is 0.416 e. The minimum absolute atomic E-state index is 0.0653. The van der Waals surface area contributed by atoms with Gasteiger partial charge in [0.25, 0.3) is 0 Å². The second-order valence-electron chi connectivity index (χ2n) is 10.9. The summed E-state index contributed by atoms with van der Waals surface area (Å²) in [5, 5.41) is 17.3. The maximum atomic E-state index is 14.1. The molecule has 0 aliphatic carbocycles. The molecule has 1 aliphatic rings. The number of carbonyl (C=O) groups excluding carboxylic acids is 1. The van der Waals surface area contributed by atoms with E-state index in [0.29, 0.717) is 5.69 Å². The van der Waals surface area contributed by atoms with Gasteiger partial charge in [-0.05, 0) is 48.4 Å². The highest BCUT2D eigenvalue weighted by atomic mass is 19.4. The van der Waals surface area contributed by atoms with Gasteiger partial charge in [0.1, 0.15) is 18.5 Å². The van der Waals surface area contributed by atoms with Crippen molar-refractivity contribution in [3.63, 3.8) is 0 Å². The van der Waals surface area contributed by atoms with Gasteiger partial charge in [0.05, 0.1) is 23.5 Å². The molecule has 0 radical (unpaired) electrons. The summed E-state index contributed by atoms with van der Waals surface area (Å²) in [6.07, 6.45) is -10.3. The summed E-state index contributed by atoms with van der Waals surface area (Å²) in [6, 6.07) is 12.8. The summed E-state index contributed by atoms with van der Waals surface area (Å²) in [5.74, 6) is -0.939. The van der Waals surface area contributed by atoms with Crippen LogP contribution in [0.3, 0.4) is 0 Å². The van der Waals surface area contributed by atoms with E-state index in [2.05, 4.69) is 10.4 Å². The Labute approximate surface area is 251 Å². The highest BCUT2D eigenvalue weighted by Crippen LogP contribution is 2.30. The number of halogens is 6. The highest BCUT2D eigenvalue weighted by molar-refractivity contribution is 5.82. The van der Waals surface area contributed by atoms with Crippen molar-refractivity contribution in [2.75, 3.05) is 39.3 Å². The Hall–Kier alpha value is -3.62. The molecule has 1 fully saturated rings. The van der Waals surface area contributed by atoms with Gasteiger partial charge in [-0.2, -0.15) is 31.4 Å². The molecule has 2 heterocycles. The zero-order chi connectivity index (χ0) is 32.1. The maximum absolute atomic E-state index is 14.1. The Morgan fingerprint density at radius 2 is 1.61 bits per heavy atom. The van der Waals surface area contributed by atoms with Gasteiger partial charge in [0.15, 0.2) is 6.04 Å². The number of aromatic nitrogens is 2. The fourth-order valence-electron chi connectivity index (χ4n) is 5.00. The van der Waals surface area contributed by atoms with E-state index in [1.54, 1.807) is 15.6 Å². The molecule has 0 spiro atoms. The predicted molar refractivity (Wildman–Crippen MR) is 150 cm³/mol. The van der Waals surface area contributed by atoms with Crippen LogP contribution in [0.2, 0.25) is 0 Å². The van der Waals surface area contributed by atoms with Crippen LogP contribution in [0.25, 0.3) is 5.69 Å². The Morgan fingerprint density at radius 3 is 2.18 bits per heavy atom. The van der Waals surface area contributed by atoms with Gasteiger partial charge < -0.3 is 15.2 Å². The SMILES string of the molecule is CC(C)c1cc(CNC(=O)[C@@H](N2CCN(CC(O)COc3ccc(C(F)(F)F)cc3)CC2)C(F)(F)F)nn1-c1ccccc1. The first-order chi connectivity index (χ1) is 20.7. The highest BCUT2D eigenvalue weighted by Gasteiger charge is 2.49. The van der Waals surface area contributed by atoms with Crippen molar-refractivity contribution >= 4 is 5.91 Å². The molecule has 1 saturated heterocycles. The summed E-state index contributed by atoms with van der Waals surface area (Å²) in [6.45, 7) is 3.85. The van der Waals surface area contributed by atoms with Gasteiger partial charge in [-0.1, -0.05) is 32.0 Å². The number of hydrogen-bond donors (Lipinski definition) is 2. The number of aliphatic hydroxyl groups is 1. The van der Waals surface area contributed by atoms with E-state index in [1.165, 1.54) is 0 Å². The quantitative estimate of drug-likeness (QED) is 0.302. The predicted octanol–water partition coefficient (Wildman–Crippen LogP) is 4.62. The van der Waals surface area contributed by atoms with E-state index in [1.807, 2.05) is 44.2 Å². The number of alkyl halides is 6. The van der Waals surface area contributed by atoms with Crippen LogP contribution in [-0.2, 0) is 17.5 Å². The molecule has 1 unspecified atom stereocenters. The lowest BCUT2D eigenvalue weighted by Crippen LogP contribution is -2.60. The zero-order valence-corrected chi connectivity index (χ0v) is 24.3. The van der Waals surface area contributed by atoms with Crippen LogP contribution in [0.5, 0.6) is 5.75 Å². The number of piperazine rings is 1. The number of nitrogens with one attached hydrogen (secondary N) is 1. The molecule has 1 aromatic heterocycles. The summed E-state index contributed by atoms with van der Waals surface area (Å²) in [4.78, 5) is 15.7. The smallest absolute Gasteiger partial charge is 0.416 e. The van der Waals surface area contributed by atoms with Crippen molar-refractivity contribution < 1.29 is 41.0 Å². The van der Waals surface area contributed by atoms with Crippen molar-refractivity contribution in [1.29, 1.82) is 0 Å². The fourth-order valence-corrected chi connectivity index (χ4v) is 5.00. The van der Waals surface area contributed by atoms with Crippen LogP contribution in [-0.4, -0.2) is 88.2 Å². The molecule has 3 aromatic rings. The molecule has 4 rings (SSSR count). The summed E-state index contributed by atoms with van der Waals surface area (Å²) < 4.78 is 87.4. The van der Waals surface area contributed by atoms with Gasteiger partial charge in [-0.15, -0.1) is 0 Å². The summed E-state index contributed by atoms with van der Waals surface area (Å²) in [5.41, 5.74) is 1.27. The lowest BCUT2D eigenvalue weighted by Gasteiger charge is -2.39. The number of carbonyl (C=O) groups is 1. The first-order valence-corrected chi connectivity index (χ1v) is 14.2. The van der Waals surface area contributed by atoms with E-state index in [9.17, 15) is 36.2 Å². The number of hydrogen-bond acceptors (Lipinski definition) is 6. The molecule has 8 nitrogen and oxygen atoms in total. The lowest BCUT2D eigenvalue weighted by molar-refractivity contribution is -0.192. The number of para-hydroxylation sites is 1. The molecule has 2 atom stereocenters. The van der Waals surface area contributed by atoms with Crippen molar-refractivity contribution in [3.8, 4) is 11.4 Å². The van der Waals surface area contributed by atoms with Crippen molar-refractivity contribution in [2.24, 2.45) is 0 Å². The number of amides is 1. The van der Waals surface area contributed by atoms with E-state index in [0.717, 1.165) is 40.5 Å². The Bertz CT molecular complexity index is 1350. The molecular weight excluding hydrogens is 592 g/mol. The molecule has 240 valence electrons. The van der Waals surface area contributed by atoms with Gasteiger partial charge in [0, 0.05) is 38.4 Å². The van der Waals surface area contributed by atoms with Crippen LogP contribution in [0.1, 0.15) is 36.7 Å². The molecule has 44 heavy (non-hydrogen) atoms. The number of β-amino-alcohol motifs (C(OH)–C–C–N with tert-alkyl or cyclic N) is 1. The first-order valence-electron chi connectivity index (χ1n) is 14.2. The molecular formula is C30H35F6N5O3. The standard InChI is InChI=1S/C30H35F6N5O3/c1-20(2)26-16-22(38-41(26)23-6-4-3-5-7-23)17-37-28(43)27(30(34,35)36)40-14-12-39(13-15-40)18-24(42)19-44-25-10-8-21(9-11-25)29(31,32)33/h3-11,16,20,24,27,42H,12-15,17-19H2,1-2H3,(H,37,43)/t24?,27-/m1/s1. The third-order valence-electron chi connectivity index (χ3n) is 7.25. The van der Waals surface area contributed by atoms with Gasteiger partial charge in [-0.25, -0.2) is 4.68 Å². The molecule has 0 bridgehead atoms. The fraction of sp³-hybridized carbons (Fsp3) is 0.467. The average Bonchev–Trinajstić information content (AvgIpc) is 3.40. The van der Waals surface area contributed by atoms with Crippen molar-refractivity contribution in [2.45, 2.75) is 50.8 Å². The van der Waals surface area contributed by atoms with E-state index in [4.69, 9.17) is 4.74 Å². The van der Waals surface area contributed by atoms with Crippen LogP contribution in [0.15, 0.2) is 60.7 Å². The van der Waals surface area contributed by atoms with Gasteiger partial charge in [0.2, 0.25) is 5.91 Å². The molecule has 1 aliphatic heterocycles. The van der Waals surface area contributed by atoms with E-state index < -0.39 is 36.0 Å². The number of nitrogens with zero attached hydrogens (tertiary/aromatic N) is 4. The average molecular weight is 628 g/mol.